The zero-order valence-electron chi connectivity index (χ0n) is 18.1. The van der Waals surface area contributed by atoms with Crippen LogP contribution in [0.2, 0.25) is 0 Å². The summed E-state index contributed by atoms with van der Waals surface area (Å²) in [6.07, 6.45) is -1.49. The van der Waals surface area contributed by atoms with Crippen LogP contribution in [0.4, 0.5) is 27.6 Å². The van der Waals surface area contributed by atoms with Crippen LogP contribution in [0.25, 0.3) is 6.08 Å². The van der Waals surface area contributed by atoms with Gasteiger partial charge in [-0.15, -0.1) is 0 Å². The van der Waals surface area contributed by atoms with Crippen molar-refractivity contribution < 1.29 is 35.2 Å². The lowest BCUT2D eigenvalue weighted by Gasteiger charge is -2.16. The first-order valence-corrected chi connectivity index (χ1v) is 11.5. The molecule has 1 atom stereocenters. The molecular weight excluding hydrogens is 469 g/mol. The van der Waals surface area contributed by atoms with Crippen molar-refractivity contribution in [2.24, 2.45) is 0 Å². The molecule has 0 saturated heterocycles. The number of aromatic nitrogens is 1. The Bertz CT molecular complexity index is 1160. The quantitative estimate of drug-likeness (QED) is 0.432. The number of pyridine rings is 1. The Morgan fingerprint density at radius 3 is 2.15 bits per heavy atom. The lowest BCUT2D eigenvalue weighted by atomic mass is 10.0. The molecule has 1 amide bonds. The normalized spacial score (nSPS) is 13.4. The standard InChI is InChI=1S/C21H22F5N3O3S/c1-11(2)19-13(5-7-17(28-19)21(24,25)26)6-8-18(30)27-12(3)14-9-15(22)20(16(23)10-14)29-33(4,31)32/h5-12,29H,1-4H3,(H,27,30)/b8-6+/t12-/m1/s1. The van der Waals surface area contributed by atoms with Crippen LogP contribution >= 0.6 is 0 Å². The second-order valence-corrected chi connectivity index (χ2v) is 9.37. The molecule has 2 aromatic rings. The summed E-state index contributed by atoms with van der Waals surface area (Å²) in [7, 11) is -3.91. The molecule has 1 aromatic heterocycles. The van der Waals surface area contributed by atoms with Crippen molar-refractivity contribution in [3.8, 4) is 0 Å². The third-order valence-electron chi connectivity index (χ3n) is 4.42. The summed E-state index contributed by atoms with van der Waals surface area (Å²) >= 11 is 0. The zero-order chi connectivity index (χ0) is 25.1. The van der Waals surface area contributed by atoms with E-state index in [1.807, 2.05) is 0 Å². The van der Waals surface area contributed by atoms with Crippen LogP contribution in [-0.2, 0) is 21.0 Å². The summed E-state index contributed by atoms with van der Waals surface area (Å²) < 4.78 is 91.2. The fourth-order valence-corrected chi connectivity index (χ4v) is 3.45. The van der Waals surface area contributed by atoms with E-state index in [1.54, 1.807) is 18.6 Å². The summed E-state index contributed by atoms with van der Waals surface area (Å²) in [4.78, 5) is 15.9. The maximum absolute atomic E-state index is 14.2. The Morgan fingerprint density at radius 2 is 1.67 bits per heavy atom. The topological polar surface area (TPSA) is 88.2 Å². The van der Waals surface area contributed by atoms with Crippen LogP contribution < -0.4 is 10.0 Å². The van der Waals surface area contributed by atoms with Gasteiger partial charge in [-0.2, -0.15) is 13.2 Å². The van der Waals surface area contributed by atoms with Crippen molar-refractivity contribution in [2.45, 2.75) is 38.9 Å². The summed E-state index contributed by atoms with van der Waals surface area (Å²) in [5.74, 6) is -3.34. The van der Waals surface area contributed by atoms with E-state index in [4.69, 9.17) is 0 Å². The number of carbonyl (C=O) groups excluding carboxylic acids is 1. The van der Waals surface area contributed by atoms with Gasteiger partial charge in [0, 0.05) is 6.08 Å². The lowest BCUT2D eigenvalue weighted by Crippen LogP contribution is -2.25. The van der Waals surface area contributed by atoms with Crippen molar-refractivity contribution in [3.05, 3.63) is 64.5 Å². The molecule has 0 radical (unpaired) electrons. The Morgan fingerprint density at radius 1 is 1.09 bits per heavy atom. The van der Waals surface area contributed by atoms with E-state index in [9.17, 15) is 35.2 Å². The molecule has 0 aliphatic carbocycles. The molecule has 1 aromatic carbocycles. The smallest absolute Gasteiger partial charge is 0.346 e. The fourth-order valence-electron chi connectivity index (χ4n) is 2.88. The number of hydrogen-bond acceptors (Lipinski definition) is 4. The predicted molar refractivity (Wildman–Crippen MR) is 114 cm³/mol. The van der Waals surface area contributed by atoms with E-state index < -0.39 is 51.2 Å². The minimum Gasteiger partial charge on any atom is -0.346 e. The average molecular weight is 491 g/mol. The van der Waals surface area contributed by atoms with E-state index in [1.165, 1.54) is 19.1 Å². The number of anilines is 1. The number of alkyl halides is 3. The van der Waals surface area contributed by atoms with Gasteiger partial charge in [0.1, 0.15) is 11.4 Å². The van der Waals surface area contributed by atoms with Gasteiger partial charge in [0.05, 0.1) is 18.0 Å². The molecule has 0 spiro atoms. The molecule has 0 saturated carbocycles. The Kier molecular flexibility index (Phi) is 7.83. The summed E-state index contributed by atoms with van der Waals surface area (Å²) in [6.45, 7) is 4.77. The number of amides is 1. The first kappa shape index (κ1) is 26.2. The van der Waals surface area contributed by atoms with E-state index in [-0.39, 0.29) is 17.2 Å². The van der Waals surface area contributed by atoms with Gasteiger partial charge in [-0.3, -0.25) is 9.52 Å². The highest BCUT2D eigenvalue weighted by Crippen LogP contribution is 2.30. The molecule has 0 aliphatic heterocycles. The molecule has 0 unspecified atom stereocenters. The van der Waals surface area contributed by atoms with Crippen molar-refractivity contribution in [1.82, 2.24) is 10.3 Å². The highest BCUT2D eigenvalue weighted by atomic mass is 32.2. The second kappa shape index (κ2) is 9.86. The van der Waals surface area contributed by atoms with Gasteiger partial charge in [0.15, 0.2) is 11.6 Å². The highest BCUT2D eigenvalue weighted by Gasteiger charge is 2.33. The van der Waals surface area contributed by atoms with Crippen LogP contribution in [0.5, 0.6) is 0 Å². The summed E-state index contributed by atoms with van der Waals surface area (Å²) in [5, 5.41) is 2.47. The summed E-state index contributed by atoms with van der Waals surface area (Å²) in [5.41, 5.74) is -1.38. The number of nitrogens with zero attached hydrogens (tertiary/aromatic N) is 1. The monoisotopic (exact) mass is 491 g/mol. The second-order valence-electron chi connectivity index (χ2n) is 7.62. The van der Waals surface area contributed by atoms with Gasteiger partial charge in [-0.1, -0.05) is 19.9 Å². The Labute approximate surface area is 188 Å². The molecule has 0 aliphatic rings. The predicted octanol–water partition coefficient (Wildman–Crippen LogP) is 4.76. The number of nitrogens with one attached hydrogen (secondary N) is 2. The number of halogens is 5. The van der Waals surface area contributed by atoms with Crippen molar-refractivity contribution in [1.29, 1.82) is 0 Å². The average Bonchev–Trinajstić information content (AvgIpc) is 2.67. The van der Waals surface area contributed by atoms with Crippen molar-refractivity contribution >= 4 is 27.7 Å². The van der Waals surface area contributed by atoms with Gasteiger partial charge < -0.3 is 5.32 Å². The molecule has 2 rings (SSSR count). The Balaban J connectivity index is 2.19. The summed E-state index contributed by atoms with van der Waals surface area (Å²) in [6, 6.07) is 2.90. The molecule has 180 valence electrons. The van der Waals surface area contributed by atoms with Gasteiger partial charge in [0.25, 0.3) is 0 Å². The van der Waals surface area contributed by atoms with E-state index in [2.05, 4.69) is 10.3 Å². The molecular formula is C21H22F5N3O3S. The molecule has 2 N–H and O–H groups in total. The number of benzene rings is 1. The van der Waals surface area contributed by atoms with Gasteiger partial charge in [-0.05, 0) is 48.2 Å². The largest absolute Gasteiger partial charge is 0.433 e. The van der Waals surface area contributed by atoms with Crippen LogP contribution in [0.1, 0.15) is 55.2 Å². The number of carbonyl (C=O) groups is 1. The first-order chi connectivity index (χ1) is 15.1. The number of hydrogen-bond donors (Lipinski definition) is 2. The van der Waals surface area contributed by atoms with E-state index in [0.717, 1.165) is 30.5 Å². The fraction of sp³-hybridized carbons (Fsp3) is 0.333. The molecule has 0 bridgehead atoms. The van der Waals surface area contributed by atoms with Gasteiger partial charge in [0.2, 0.25) is 15.9 Å². The third kappa shape index (κ3) is 7.24. The molecule has 6 nitrogen and oxygen atoms in total. The third-order valence-corrected chi connectivity index (χ3v) is 4.99. The van der Waals surface area contributed by atoms with Crippen LogP contribution in [0.3, 0.4) is 0 Å². The minimum atomic E-state index is -4.60. The van der Waals surface area contributed by atoms with E-state index >= 15 is 0 Å². The minimum absolute atomic E-state index is 0.0323. The SMILES string of the molecule is CC(C)c1nc(C(F)(F)F)ccc1/C=C/C(=O)N[C@H](C)c1cc(F)c(NS(C)(=O)=O)c(F)c1. The molecule has 0 fully saturated rings. The number of sulfonamides is 1. The van der Waals surface area contributed by atoms with Crippen LogP contribution in [0, 0.1) is 11.6 Å². The number of rotatable bonds is 7. The maximum atomic E-state index is 14.2. The van der Waals surface area contributed by atoms with Crippen molar-refractivity contribution in [3.63, 3.8) is 0 Å². The molecule has 33 heavy (non-hydrogen) atoms. The lowest BCUT2D eigenvalue weighted by molar-refractivity contribution is -0.141. The maximum Gasteiger partial charge on any atom is 0.433 e. The zero-order valence-corrected chi connectivity index (χ0v) is 18.9. The molecule has 12 heteroatoms. The van der Waals surface area contributed by atoms with Crippen LogP contribution in [0.15, 0.2) is 30.3 Å². The van der Waals surface area contributed by atoms with Crippen molar-refractivity contribution in [2.75, 3.05) is 11.0 Å². The Hall–Kier alpha value is -3.02. The van der Waals surface area contributed by atoms with E-state index in [0.29, 0.717) is 5.56 Å². The van der Waals surface area contributed by atoms with Gasteiger partial charge >= 0.3 is 6.18 Å². The highest BCUT2D eigenvalue weighted by molar-refractivity contribution is 7.92. The molecule has 1 heterocycles. The van der Waals surface area contributed by atoms with Crippen LogP contribution in [-0.4, -0.2) is 25.6 Å². The first-order valence-electron chi connectivity index (χ1n) is 9.62. The van der Waals surface area contributed by atoms with Gasteiger partial charge in [-0.25, -0.2) is 22.2 Å².